The predicted molar refractivity (Wildman–Crippen MR) is 73.2 cm³/mol. The Morgan fingerprint density at radius 1 is 1.43 bits per heavy atom. The largest absolute Gasteiger partial charge is 0.382 e. The van der Waals surface area contributed by atoms with Crippen LogP contribution in [-0.4, -0.2) is 44.1 Å². The van der Waals surface area contributed by atoms with Crippen LogP contribution in [0.2, 0.25) is 0 Å². The highest BCUT2D eigenvalue weighted by molar-refractivity contribution is 5.81. The van der Waals surface area contributed by atoms with E-state index in [-0.39, 0.29) is 18.6 Å². The molecule has 112 valence electrons. The van der Waals surface area contributed by atoms with Gasteiger partial charge in [0.1, 0.15) is 23.5 Å². The van der Waals surface area contributed by atoms with Crippen molar-refractivity contribution < 1.29 is 14.2 Å². The van der Waals surface area contributed by atoms with Crippen LogP contribution in [-0.2, 0) is 14.2 Å². The minimum Gasteiger partial charge on any atom is -0.382 e. The summed E-state index contributed by atoms with van der Waals surface area (Å²) < 4.78 is 19.7. The second-order valence-electron chi connectivity index (χ2n) is 5.53. The van der Waals surface area contributed by atoms with Gasteiger partial charge in [0.2, 0.25) is 0 Å². The predicted octanol–water partition coefficient (Wildman–Crippen LogP) is 0.847. The number of rotatable bonds is 2. The maximum Gasteiger partial charge on any atom is 0.168 e. The number of aromatic nitrogens is 4. The van der Waals surface area contributed by atoms with Crippen molar-refractivity contribution in [1.82, 2.24) is 19.5 Å². The second kappa shape index (κ2) is 4.36. The average molecular weight is 291 g/mol. The summed E-state index contributed by atoms with van der Waals surface area (Å²) in [6.45, 7) is 4.52. The Bertz CT molecular complexity index is 689. The van der Waals surface area contributed by atoms with Crippen LogP contribution >= 0.6 is 0 Å². The molecule has 0 saturated carbocycles. The highest BCUT2D eigenvalue weighted by Crippen LogP contribution is 2.46. The third kappa shape index (κ3) is 1.69. The first-order chi connectivity index (χ1) is 10.1. The van der Waals surface area contributed by atoms with E-state index in [4.69, 9.17) is 19.9 Å². The molecule has 1 unspecified atom stereocenters. The van der Waals surface area contributed by atoms with E-state index in [1.54, 1.807) is 6.33 Å². The van der Waals surface area contributed by atoms with Crippen LogP contribution in [0.15, 0.2) is 12.7 Å². The Labute approximate surface area is 121 Å². The molecule has 0 aromatic carbocycles. The van der Waals surface area contributed by atoms with Crippen molar-refractivity contribution in [2.24, 2.45) is 0 Å². The van der Waals surface area contributed by atoms with Gasteiger partial charge in [0.05, 0.1) is 12.9 Å². The van der Waals surface area contributed by atoms with Crippen molar-refractivity contribution in [2.75, 3.05) is 12.3 Å². The lowest BCUT2D eigenvalue weighted by Gasteiger charge is -2.28. The van der Waals surface area contributed by atoms with Crippen LogP contribution < -0.4 is 5.73 Å². The van der Waals surface area contributed by atoms with Gasteiger partial charge in [0.15, 0.2) is 24.0 Å². The number of ether oxygens (including phenoxy) is 3. The van der Waals surface area contributed by atoms with E-state index < -0.39 is 5.60 Å². The number of nitrogen functional groups attached to an aromatic ring is 1. The molecule has 2 aliphatic heterocycles. The van der Waals surface area contributed by atoms with E-state index in [1.165, 1.54) is 6.33 Å². The highest BCUT2D eigenvalue weighted by atomic mass is 16.8. The summed E-state index contributed by atoms with van der Waals surface area (Å²) in [5, 5.41) is 0. The smallest absolute Gasteiger partial charge is 0.168 e. The molecular formula is C13H17N5O3. The van der Waals surface area contributed by atoms with E-state index >= 15 is 0 Å². The fourth-order valence-electron chi connectivity index (χ4n) is 3.05. The van der Waals surface area contributed by atoms with Crippen LogP contribution in [0.1, 0.15) is 26.5 Å². The molecule has 0 bridgehead atoms. The van der Waals surface area contributed by atoms with Gasteiger partial charge < -0.3 is 19.9 Å². The number of nitrogens with zero attached hydrogens (tertiary/aromatic N) is 4. The van der Waals surface area contributed by atoms with E-state index in [2.05, 4.69) is 15.0 Å². The van der Waals surface area contributed by atoms with E-state index in [1.807, 2.05) is 18.4 Å². The van der Waals surface area contributed by atoms with Crippen molar-refractivity contribution in [2.45, 2.75) is 44.5 Å². The number of anilines is 1. The molecule has 8 heteroatoms. The topological polar surface area (TPSA) is 97.3 Å². The van der Waals surface area contributed by atoms with E-state index in [0.717, 1.165) is 6.42 Å². The molecular weight excluding hydrogens is 274 g/mol. The molecule has 2 aliphatic rings. The minimum atomic E-state index is -0.561. The summed E-state index contributed by atoms with van der Waals surface area (Å²) in [5.41, 5.74) is 6.47. The van der Waals surface area contributed by atoms with Gasteiger partial charge in [0, 0.05) is 0 Å². The molecule has 21 heavy (non-hydrogen) atoms. The number of imidazole rings is 1. The first-order valence-corrected chi connectivity index (χ1v) is 7.01. The maximum atomic E-state index is 6.07. The molecule has 8 nitrogen and oxygen atoms in total. The number of nitrogens with two attached hydrogens (primary N) is 1. The first-order valence-electron chi connectivity index (χ1n) is 7.01. The van der Waals surface area contributed by atoms with Gasteiger partial charge in [0.25, 0.3) is 0 Å². The highest BCUT2D eigenvalue weighted by Gasteiger charge is 2.57. The molecule has 2 fully saturated rings. The molecule has 2 aromatic heterocycles. The molecule has 0 aliphatic carbocycles. The third-order valence-corrected chi connectivity index (χ3v) is 4.21. The minimum absolute atomic E-state index is 0.0934. The van der Waals surface area contributed by atoms with Crippen LogP contribution in [0.3, 0.4) is 0 Å². The van der Waals surface area contributed by atoms with Crippen LogP contribution in [0.4, 0.5) is 5.82 Å². The van der Waals surface area contributed by atoms with Crippen LogP contribution in [0.25, 0.3) is 11.2 Å². The zero-order valence-corrected chi connectivity index (χ0v) is 11.9. The molecule has 2 N–H and O–H groups in total. The van der Waals surface area contributed by atoms with Gasteiger partial charge in [-0.1, -0.05) is 6.92 Å². The van der Waals surface area contributed by atoms with Gasteiger partial charge in [-0.15, -0.1) is 0 Å². The van der Waals surface area contributed by atoms with E-state index in [0.29, 0.717) is 23.6 Å². The van der Waals surface area contributed by atoms with Gasteiger partial charge in [-0.05, 0) is 13.3 Å². The Balaban J connectivity index is 1.77. The Morgan fingerprint density at radius 2 is 2.29 bits per heavy atom. The summed E-state index contributed by atoms with van der Waals surface area (Å²) in [7, 11) is 0. The van der Waals surface area contributed by atoms with Crippen LogP contribution in [0.5, 0.6) is 0 Å². The zero-order chi connectivity index (χ0) is 14.6. The molecule has 2 aromatic rings. The van der Waals surface area contributed by atoms with Crippen LogP contribution in [0, 0.1) is 0 Å². The summed E-state index contributed by atoms with van der Waals surface area (Å²) >= 11 is 0. The average Bonchev–Trinajstić information content (AvgIpc) is 3.10. The standard InChI is InChI=1S/C13H17N5O3/c1-3-8-20-7-4-19-12(13(7,2)21-8)18-6-17-9-10(14)15-5-16-11(9)18/h5-8,12H,3-4H2,1-2H3,(H2,14,15,16)/t7-,8?,12-,13-/m1/s1. The van der Waals surface area contributed by atoms with Crippen molar-refractivity contribution in [3.05, 3.63) is 12.7 Å². The fourth-order valence-corrected chi connectivity index (χ4v) is 3.05. The normalized spacial score (nSPS) is 35.4. The number of hydrogen-bond donors (Lipinski definition) is 1. The number of fused-ring (bicyclic) bond motifs is 2. The first kappa shape index (κ1) is 12.9. The summed E-state index contributed by atoms with van der Waals surface area (Å²) in [6.07, 6.45) is 3.25. The lowest BCUT2D eigenvalue weighted by molar-refractivity contribution is -0.153. The SMILES string of the molecule is CCC1O[C@@H]2CO[C@@H](n3cnc4c(N)ncnc43)[C@]2(C)O1. The van der Waals surface area contributed by atoms with Gasteiger partial charge >= 0.3 is 0 Å². The third-order valence-electron chi connectivity index (χ3n) is 4.21. The summed E-state index contributed by atoms with van der Waals surface area (Å²) in [4.78, 5) is 12.5. The number of hydrogen-bond acceptors (Lipinski definition) is 7. The summed E-state index contributed by atoms with van der Waals surface area (Å²) in [6, 6.07) is 0. The van der Waals surface area contributed by atoms with E-state index in [9.17, 15) is 0 Å². The molecule has 0 spiro atoms. The monoisotopic (exact) mass is 291 g/mol. The summed E-state index contributed by atoms with van der Waals surface area (Å²) in [5.74, 6) is 0.355. The lowest BCUT2D eigenvalue weighted by atomic mass is 10.0. The van der Waals surface area contributed by atoms with Gasteiger partial charge in [-0.3, -0.25) is 4.57 Å². The fraction of sp³-hybridized carbons (Fsp3) is 0.615. The molecule has 4 rings (SSSR count). The molecule has 0 amide bonds. The Hall–Kier alpha value is -1.77. The van der Waals surface area contributed by atoms with Crippen molar-refractivity contribution in [1.29, 1.82) is 0 Å². The molecule has 2 saturated heterocycles. The van der Waals surface area contributed by atoms with Crippen molar-refractivity contribution >= 4 is 17.0 Å². The maximum absolute atomic E-state index is 6.07. The lowest BCUT2D eigenvalue weighted by Crippen LogP contribution is -2.39. The Kier molecular flexibility index (Phi) is 2.69. The van der Waals surface area contributed by atoms with Crippen molar-refractivity contribution in [3.63, 3.8) is 0 Å². The molecule has 4 atom stereocenters. The molecule has 4 heterocycles. The van der Waals surface area contributed by atoms with Gasteiger partial charge in [-0.25, -0.2) is 15.0 Å². The molecule has 0 radical (unpaired) electrons. The van der Waals surface area contributed by atoms with Crippen molar-refractivity contribution in [3.8, 4) is 0 Å². The van der Waals surface area contributed by atoms with Gasteiger partial charge in [-0.2, -0.15) is 0 Å². The second-order valence-corrected chi connectivity index (χ2v) is 5.53. The Morgan fingerprint density at radius 3 is 3.10 bits per heavy atom. The zero-order valence-electron chi connectivity index (χ0n) is 11.9. The quantitative estimate of drug-likeness (QED) is 0.875.